The topological polar surface area (TPSA) is 87.3 Å². The number of benzene rings is 1. The molecule has 2 fully saturated rings. The lowest BCUT2D eigenvalue weighted by molar-refractivity contribution is -0.132. The van der Waals surface area contributed by atoms with E-state index in [1.807, 2.05) is 4.90 Å². The summed E-state index contributed by atoms with van der Waals surface area (Å²) in [6.45, 7) is 1.59. The predicted molar refractivity (Wildman–Crippen MR) is 101 cm³/mol. The first-order valence-corrected chi connectivity index (χ1v) is 9.55. The van der Waals surface area contributed by atoms with Crippen molar-refractivity contribution in [3.8, 4) is 5.75 Å². The highest BCUT2D eigenvalue weighted by Gasteiger charge is 2.32. The Balaban J connectivity index is 1.39. The van der Waals surface area contributed by atoms with Crippen LogP contribution in [0.3, 0.4) is 0 Å². The molecule has 2 N–H and O–H groups in total. The lowest BCUT2D eigenvalue weighted by atomic mass is 10.1. The van der Waals surface area contributed by atoms with Gasteiger partial charge in [0.1, 0.15) is 5.75 Å². The van der Waals surface area contributed by atoms with Crippen molar-refractivity contribution in [2.45, 2.75) is 31.6 Å². The van der Waals surface area contributed by atoms with E-state index >= 15 is 0 Å². The Bertz CT molecular complexity index is 856. The van der Waals surface area contributed by atoms with Gasteiger partial charge in [-0.05, 0) is 37.8 Å². The first-order chi connectivity index (χ1) is 13.1. The number of H-pyrrole nitrogens is 1. The summed E-state index contributed by atoms with van der Waals surface area (Å²) in [5.74, 6) is 0.542. The standard InChI is InChI=1S/C19H21ClN4O3/c20-18-16(17(22-23-18)12-6-7-12)19(26)21-13-4-3-5-14(10-13)27-11-15(25)24-8-1-2-9-24/h3-5,10,12H,1-2,6-9,11H2,(H,21,26)(H,22,23). The van der Waals surface area contributed by atoms with Crippen LogP contribution in [0.25, 0.3) is 0 Å². The molecule has 0 radical (unpaired) electrons. The number of amides is 2. The van der Waals surface area contributed by atoms with E-state index in [2.05, 4.69) is 15.5 Å². The van der Waals surface area contributed by atoms with Gasteiger partial charge in [-0.2, -0.15) is 5.10 Å². The van der Waals surface area contributed by atoms with Gasteiger partial charge in [0.15, 0.2) is 11.8 Å². The summed E-state index contributed by atoms with van der Waals surface area (Å²) in [5.41, 5.74) is 1.76. The molecule has 2 aliphatic rings. The second kappa shape index (κ2) is 7.60. The molecular weight excluding hydrogens is 368 g/mol. The van der Waals surface area contributed by atoms with Gasteiger partial charge < -0.3 is 15.0 Å². The number of carbonyl (C=O) groups excluding carboxylic acids is 2. The minimum absolute atomic E-state index is 0.00319. The van der Waals surface area contributed by atoms with Gasteiger partial charge in [0.05, 0.1) is 11.3 Å². The van der Waals surface area contributed by atoms with Crippen LogP contribution < -0.4 is 10.1 Å². The summed E-state index contributed by atoms with van der Waals surface area (Å²) >= 11 is 6.09. The van der Waals surface area contributed by atoms with E-state index in [1.54, 1.807) is 24.3 Å². The minimum atomic E-state index is -0.305. The molecule has 142 valence electrons. The molecule has 0 bridgehead atoms. The third kappa shape index (κ3) is 4.08. The summed E-state index contributed by atoms with van der Waals surface area (Å²) in [4.78, 5) is 26.5. The van der Waals surface area contributed by atoms with Crippen molar-refractivity contribution >= 4 is 29.1 Å². The van der Waals surface area contributed by atoms with Gasteiger partial charge in [-0.3, -0.25) is 14.7 Å². The maximum atomic E-state index is 12.6. The van der Waals surface area contributed by atoms with Crippen LogP contribution in [0.1, 0.15) is 47.7 Å². The Morgan fingerprint density at radius 3 is 2.81 bits per heavy atom. The van der Waals surface area contributed by atoms with Gasteiger partial charge in [0.25, 0.3) is 11.8 Å². The molecule has 1 saturated heterocycles. The number of likely N-dealkylation sites (tertiary alicyclic amines) is 1. The van der Waals surface area contributed by atoms with Gasteiger partial charge in [0, 0.05) is 30.8 Å². The van der Waals surface area contributed by atoms with Gasteiger partial charge in [-0.25, -0.2) is 0 Å². The van der Waals surface area contributed by atoms with Gasteiger partial charge in [-0.1, -0.05) is 17.7 Å². The average Bonchev–Trinajstić information content (AvgIpc) is 3.20. The molecule has 1 saturated carbocycles. The smallest absolute Gasteiger partial charge is 0.260 e. The maximum absolute atomic E-state index is 12.6. The number of nitrogens with zero attached hydrogens (tertiary/aromatic N) is 2. The molecule has 27 heavy (non-hydrogen) atoms. The predicted octanol–water partition coefficient (Wildman–Crippen LogP) is 3.19. The van der Waals surface area contributed by atoms with Crippen molar-refractivity contribution < 1.29 is 14.3 Å². The summed E-state index contributed by atoms with van der Waals surface area (Å²) in [7, 11) is 0. The van der Waals surface area contributed by atoms with E-state index in [9.17, 15) is 9.59 Å². The van der Waals surface area contributed by atoms with Gasteiger partial charge in [0.2, 0.25) is 0 Å². The molecule has 1 aliphatic carbocycles. The van der Waals surface area contributed by atoms with E-state index in [1.165, 1.54) is 0 Å². The number of carbonyl (C=O) groups is 2. The third-order valence-electron chi connectivity index (χ3n) is 4.88. The molecule has 0 unspecified atom stereocenters. The van der Waals surface area contributed by atoms with E-state index in [4.69, 9.17) is 16.3 Å². The highest BCUT2D eigenvalue weighted by Crippen LogP contribution is 2.42. The van der Waals surface area contributed by atoms with Crippen molar-refractivity contribution in [2.24, 2.45) is 0 Å². The molecule has 1 aliphatic heterocycles. The van der Waals surface area contributed by atoms with Crippen LogP contribution in [0.5, 0.6) is 5.75 Å². The summed E-state index contributed by atoms with van der Waals surface area (Å²) in [5, 5.41) is 9.83. The zero-order valence-corrected chi connectivity index (χ0v) is 15.6. The molecule has 8 heteroatoms. The van der Waals surface area contributed by atoms with E-state index < -0.39 is 0 Å². The van der Waals surface area contributed by atoms with Gasteiger partial charge >= 0.3 is 0 Å². The number of nitrogens with one attached hydrogen (secondary N) is 2. The van der Waals surface area contributed by atoms with Crippen LogP contribution in [-0.4, -0.2) is 46.6 Å². The maximum Gasteiger partial charge on any atom is 0.260 e. The summed E-state index contributed by atoms with van der Waals surface area (Å²) in [6, 6.07) is 6.98. The van der Waals surface area contributed by atoms with Crippen molar-refractivity contribution in [3.63, 3.8) is 0 Å². The molecule has 1 aromatic carbocycles. The van der Waals surface area contributed by atoms with E-state index in [0.717, 1.165) is 44.5 Å². The highest BCUT2D eigenvalue weighted by molar-refractivity contribution is 6.33. The zero-order valence-electron chi connectivity index (χ0n) is 14.8. The first kappa shape index (κ1) is 17.9. The normalized spacial score (nSPS) is 16.4. The monoisotopic (exact) mass is 388 g/mol. The van der Waals surface area contributed by atoms with Crippen LogP contribution in [0.2, 0.25) is 5.15 Å². The molecule has 0 spiro atoms. The fourth-order valence-corrected chi connectivity index (χ4v) is 3.51. The van der Waals surface area contributed by atoms with Crippen LogP contribution >= 0.6 is 11.6 Å². The number of anilines is 1. The molecule has 0 atom stereocenters. The minimum Gasteiger partial charge on any atom is -0.484 e. The van der Waals surface area contributed by atoms with E-state index in [0.29, 0.717) is 22.9 Å². The second-order valence-corrected chi connectivity index (χ2v) is 7.29. The Morgan fingerprint density at radius 1 is 1.30 bits per heavy atom. The van der Waals surface area contributed by atoms with Crippen LogP contribution in [0.15, 0.2) is 24.3 Å². The number of hydrogen-bond acceptors (Lipinski definition) is 4. The van der Waals surface area contributed by atoms with Crippen molar-refractivity contribution in [1.29, 1.82) is 0 Å². The summed E-state index contributed by atoms with van der Waals surface area (Å²) < 4.78 is 5.60. The van der Waals surface area contributed by atoms with Crippen molar-refractivity contribution in [2.75, 3.05) is 25.0 Å². The molecule has 7 nitrogen and oxygen atoms in total. The quantitative estimate of drug-likeness (QED) is 0.795. The Morgan fingerprint density at radius 2 is 2.07 bits per heavy atom. The zero-order chi connectivity index (χ0) is 18.8. The molecule has 2 aromatic rings. The fraction of sp³-hybridized carbons (Fsp3) is 0.421. The van der Waals surface area contributed by atoms with Gasteiger partial charge in [-0.15, -0.1) is 0 Å². The number of hydrogen-bond donors (Lipinski definition) is 2. The second-order valence-electron chi connectivity index (χ2n) is 6.94. The molecule has 2 amide bonds. The van der Waals surface area contributed by atoms with Crippen LogP contribution in [0, 0.1) is 0 Å². The Hall–Kier alpha value is -2.54. The highest BCUT2D eigenvalue weighted by atomic mass is 35.5. The van der Waals surface area contributed by atoms with Crippen LogP contribution in [-0.2, 0) is 4.79 Å². The Labute approximate surface area is 162 Å². The number of halogens is 1. The summed E-state index contributed by atoms with van der Waals surface area (Å²) in [6.07, 6.45) is 4.17. The molecular formula is C19H21ClN4O3. The largest absolute Gasteiger partial charge is 0.484 e. The number of rotatable bonds is 6. The lowest BCUT2D eigenvalue weighted by Crippen LogP contribution is -2.32. The molecule has 2 heterocycles. The lowest BCUT2D eigenvalue weighted by Gasteiger charge is -2.15. The first-order valence-electron chi connectivity index (χ1n) is 9.17. The number of aromatic nitrogens is 2. The van der Waals surface area contributed by atoms with Crippen LogP contribution in [0.4, 0.5) is 5.69 Å². The Kier molecular flexibility index (Phi) is 5.03. The number of ether oxygens (including phenoxy) is 1. The number of aromatic amines is 1. The SMILES string of the molecule is O=C(Nc1cccc(OCC(=O)N2CCCC2)c1)c1c(Cl)n[nH]c1C1CC1. The molecule has 4 rings (SSSR count). The van der Waals surface area contributed by atoms with Crippen molar-refractivity contribution in [3.05, 3.63) is 40.7 Å². The molecule has 1 aromatic heterocycles. The van der Waals surface area contributed by atoms with Crippen molar-refractivity contribution in [1.82, 2.24) is 15.1 Å². The third-order valence-corrected chi connectivity index (χ3v) is 5.15. The fourth-order valence-electron chi connectivity index (χ4n) is 3.28. The average molecular weight is 389 g/mol. The van der Waals surface area contributed by atoms with E-state index in [-0.39, 0.29) is 23.6 Å².